The molecule has 178 valence electrons. The third-order valence-corrected chi connectivity index (χ3v) is 6.61. The van der Waals surface area contributed by atoms with Gasteiger partial charge in [-0.3, -0.25) is 0 Å². The highest BCUT2D eigenvalue weighted by Gasteiger charge is 2.17. The van der Waals surface area contributed by atoms with E-state index in [1.54, 1.807) is 6.07 Å². The van der Waals surface area contributed by atoms with Gasteiger partial charge in [0.1, 0.15) is 0 Å². The Morgan fingerprint density at radius 2 is 1.62 bits per heavy atom. The molecule has 1 aliphatic carbocycles. The van der Waals surface area contributed by atoms with E-state index >= 15 is 0 Å². The highest BCUT2D eigenvalue weighted by atomic mass is 16.4. The Hall–Kier alpha value is -3.15. The lowest BCUT2D eigenvalue weighted by Gasteiger charge is -2.25. The first-order valence-electron chi connectivity index (χ1n) is 12.3. The van der Waals surface area contributed by atoms with Crippen molar-refractivity contribution in [2.45, 2.75) is 50.7 Å². The lowest BCUT2D eigenvalue weighted by molar-refractivity contribution is 0.0698. The number of carboxylic acid groups (broad SMARTS) is 1. The average Bonchev–Trinajstić information content (AvgIpc) is 2.88. The maximum absolute atomic E-state index is 11.7. The molecule has 0 spiro atoms. The normalized spacial score (nSPS) is 15.1. The molecule has 1 saturated carbocycles. The number of benzene rings is 3. The summed E-state index contributed by atoms with van der Waals surface area (Å²) in [4.78, 5) is 11.7. The fraction of sp³-hybridized carbons (Fsp3) is 0.345. The zero-order valence-corrected chi connectivity index (χ0v) is 19.5. The topological polar surface area (TPSA) is 81.6 Å². The lowest BCUT2D eigenvalue weighted by atomic mass is 9.94. The van der Waals surface area contributed by atoms with E-state index in [2.05, 4.69) is 34.9 Å². The Morgan fingerprint density at radius 1 is 0.912 bits per heavy atom. The second-order valence-corrected chi connectivity index (χ2v) is 9.12. The minimum absolute atomic E-state index is 0.328. The van der Waals surface area contributed by atoms with Gasteiger partial charge in [-0.05, 0) is 60.2 Å². The highest BCUT2D eigenvalue weighted by Crippen LogP contribution is 2.29. The van der Waals surface area contributed by atoms with E-state index in [9.17, 15) is 15.0 Å². The van der Waals surface area contributed by atoms with Gasteiger partial charge in [0.25, 0.3) is 0 Å². The SMILES string of the molecule is O=C(O)c1ccc(-c2ccc(CCNC[C@H](O)c3ccccc3)cc2)cc1NC1CCCCC1. The third-order valence-electron chi connectivity index (χ3n) is 6.61. The van der Waals surface area contributed by atoms with Gasteiger partial charge in [-0.1, -0.05) is 79.9 Å². The monoisotopic (exact) mass is 458 g/mol. The summed E-state index contributed by atoms with van der Waals surface area (Å²) < 4.78 is 0. The number of anilines is 1. The molecule has 4 rings (SSSR count). The van der Waals surface area contributed by atoms with Crippen LogP contribution in [0.25, 0.3) is 11.1 Å². The number of hydrogen-bond donors (Lipinski definition) is 4. The predicted molar refractivity (Wildman–Crippen MR) is 137 cm³/mol. The Bertz CT molecular complexity index is 1060. The third kappa shape index (κ3) is 6.46. The van der Waals surface area contributed by atoms with Crippen LogP contribution in [-0.4, -0.2) is 35.3 Å². The molecular weight excluding hydrogens is 424 g/mol. The van der Waals surface area contributed by atoms with Crippen molar-refractivity contribution in [3.63, 3.8) is 0 Å². The lowest BCUT2D eigenvalue weighted by Crippen LogP contribution is -2.23. The minimum Gasteiger partial charge on any atom is -0.478 e. The van der Waals surface area contributed by atoms with Gasteiger partial charge in [0.15, 0.2) is 0 Å². The van der Waals surface area contributed by atoms with Crippen LogP contribution >= 0.6 is 0 Å². The Kier molecular flexibility index (Phi) is 8.34. The van der Waals surface area contributed by atoms with Gasteiger partial charge >= 0.3 is 5.97 Å². The van der Waals surface area contributed by atoms with Crippen molar-refractivity contribution in [3.8, 4) is 11.1 Å². The summed E-state index contributed by atoms with van der Waals surface area (Å²) in [5.74, 6) is -0.898. The molecule has 1 atom stereocenters. The number of carbonyl (C=O) groups is 1. The molecule has 4 N–H and O–H groups in total. The molecule has 0 unspecified atom stereocenters. The fourth-order valence-electron chi connectivity index (χ4n) is 4.62. The molecule has 0 aromatic heterocycles. The van der Waals surface area contributed by atoms with Crippen LogP contribution < -0.4 is 10.6 Å². The summed E-state index contributed by atoms with van der Waals surface area (Å²) in [6, 6.07) is 24.0. The number of nitrogens with one attached hydrogen (secondary N) is 2. The van der Waals surface area contributed by atoms with Crippen molar-refractivity contribution in [1.29, 1.82) is 0 Å². The van der Waals surface area contributed by atoms with Gasteiger partial charge in [-0.25, -0.2) is 4.79 Å². The summed E-state index contributed by atoms with van der Waals surface area (Å²) >= 11 is 0. The van der Waals surface area contributed by atoms with E-state index in [0.717, 1.165) is 42.5 Å². The van der Waals surface area contributed by atoms with E-state index in [1.165, 1.54) is 24.8 Å². The van der Waals surface area contributed by atoms with E-state index in [0.29, 0.717) is 23.8 Å². The molecule has 3 aromatic carbocycles. The Labute approximate surface area is 201 Å². The molecule has 0 amide bonds. The van der Waals surface area contributed by atoms with Gasteiger partial charge in [-0.2, -0.15) is 0 Å². The number of rotatable bonds is 10. The van der Waals surface area contributed by atoms with Crippen LogP contribution in [0.3, 0.4) is 0 Å². The second kappa shape index (κ2) is 11.8. The molecule has 1 fully saturated rings. The molecule has 0 aliphatic heterocycles. The molecule has 0 saturated heterocycles. The number of aliphatic hydroxyl groups is 1. The van der Waals surface area contributed by atoms with E-state index in [1.807, 2.05) is 42.5 Å². The van der Waals surface area contributed by atoms with Crippen molar-refractivity contribution < 1.29 is 15.0 Å². The predicted octanol–water partition coefficient (Wildman–Crippen LogP) is 5.66. The van der Waals surface area contributed by atoms with Crippen LogP contribution in [0.2, 0.25) is 0 Å². The second-order valence-electron chi connectivity index (χ2n) is 9.12. The number of carboxylic acids is 1. The summed E-state index contributed by atoms with van der Waals surface area (Å²) in [6.45, 7) is 1.31. The molecule has 5 nitrogen and oxygen atoms in total. The van der Waals surface area contributed by atoms with Gasteiger partial charge in [0.05, 0.1) is 11.7 Å². The minimum atomic E-state index is -0.898. The first kappa shape index (κ1) is 24.0. The largest absolute Gasteiger partial charge is 0.478 e. The summed E-state index contributed by atoms with van der Waals surface area (Å²) in [7, 11) is 0. The van der Waals surface area contributed by atoms with Gasteiger partial charge < -0.3 is 20.8 Å². The van der Waals surface area contributed by atoms with Crippen molar-refractivity contribution in [3.05, 3.63) is 89.5 Å². The number of hydrogen-bond acceptors (Lipinski definition) is 4. The molecule has 34 heavy (non-hydrogen) atoms. The smallest absolute Gasteiger partial charge is 0.337 e. The molecule has 0 heterocycles. The Morgan fingerprint density at radius 3 is 2.32 bits per heavy atom. The first-order chi connectivity index (χ1) is 16.6. The highest BCUT2D eigenvalue weighted by molar-refractivity contribution is 5.95. The van der Waals surface area contributed by atoms with E-state index < -0.39 is 12.1 Å². The molecule has 1 aliphatic rings. The van der Waals surface area contributed by atoms with Crippen LogP contribution in [0.1, 0.15) is 59.7 Å². The van der Waals surface area contributed by atoms with E-state index in [4.69, 9.17) is 0 Å². The van der Waals surface area contributed by atoms with Crippen molar-refractivity contribution >= 4 is 11.7 Å². The van der Waals surface area contributed by atoms with Crippen LogP contribution in [0.4, 0.5) is 5.69 Å². The molecule has 0 bridgehead atoms. The number of aromatic carboxylic acids is 1. The van der Waals surface area contributed by atoms with Crippen LogP contribution in [0.5, 0.6) is 0 Å². The van der Waals surface area contributed by atoms with Crippen molar-refractivity contribution in [2.75, 3.05) is 18.4 Å². The zero-order chi connectivity index (χ0) is 23.8. The van der Waals surface area contributed by atoms with Gasteiger partial charge in [-0.15, -0.1) is 0 Å². The number of aliphatic hydroxyl groups excluding tert-OH is 1. The van der Waals surface area contributed by atoms with Gasteiger partial charge in [0.2, 0.25) is 0 Å². The maximum Gasteiger partial charge on any atom is 0.337 e. The molecule has 3 aromatic rings. The van der Waals surface area contributed by atoms with Crippen LogP contribution in [-0.2, 0) is 6.42 Å². The summed E-state index contributed by atoms with van der Waals surface area (Å²) in [5.41, 5.74) is 5.26. The van der Waals surface area contributed by atoms with Crippen LogP contribution in [0, 0.1) is 0 Å². The van der Waals surface area contributed by atoms with E-state index in [-0.39, 0.29) is 0 Å². The Balaban J connectivity index is 1.35. The molecule has 0 radical (unpaired) electrons. The van der Waals surface area contributed by atoms with Crippen molar-refractivity contribution in [2.24, 2.45) is 0 Å². The average molecular weight is 459 g/mol. The zero-order valence-electron chi connectivity index (χ0n) is 19.5. The standard InChI is InChI=1S/C29H34N2O3/c32-28(23-7-3-1-4-8-23)20-30-18-17-21-11-13-22(14-12-21)24-15-16-26(29(33)34)27(19-24)31-25-9-5-2-6-10-25/h1,3-4,7-8,11-16,19,25,28,30-32H,2,5-6,9-10,17-18,20H2,(H,33,34)/t28-/m0/s1. The maximum atomic E-state index is 11.7. The van der Waals surface area contributed by atoms with Gasteiger partial charge in [0, 0.05) is 18.3 Å². The molecule has 5 heteroatoms. The molecular formula is C29H34N2O3. The quantitative estimate of drug-likeness (QED) is 0.295. The van der Waals surface area contributed by atoms with Crippen LogP contribution in [0.15, 0.2) is 72.8 Å². The fourth-order valence-corrected chi connectivity index (χ4v) is 4.62. The van der Waals surface area contributed by atoms with Crippen molar-refractivity contribution in [1.82, 2.24) is 5.32 Å². The summed E-state index contributed by atoms with van der Waals surface area (Å²) in [6.07, 6.45) is 6.20. The first-order valence-corrected chi connectivity index (χ1v) is 12.3. The summed E-state index contributed by atoms with van der Waals surface area (Å²) in [5, 5.41) is 26.7.